The van der Waals surface area contributed by atoms with Crippen LogP contribution in [0.1, 0.15) is 18.9 Å². The zero-order chi connectivity index (χ0) is 11.4. The Hall–Kier alpha value is -1.22. The third-order valence-corrected chi connectivity index (χ3v) is 2.66. The Morgan fingerprint density at radius 2 is 2.20 bits per heavy atom. The number of aryl methyl sites for hydroxylation is 1. The second kappa shape index (κ2) is 5.03. The Balaban J connectivity index is 2.62. The largest absolute Gasteiger partial charge is 0.508 e. The third-order valence-electron chi connectivity index (χ3n) is 2.30. The Morgan fingerprint density at radius 1 is 1.53 bits per heavy atom. The van der Waals surface area contributed by atoms with Crippen LogP contribution in [0.3, 0.4) is 0 Å². The normalized spacial score (nSPS) is 12.4. The van der Waals surface area contributed by atoms with E-state index in [1.807, 2.05) is 0 Å². The van der Waals surface area contributed by atoms with Crippen molar-refractivity contribution in [1.29, 1.82) is 0 Å². The molecule has 3 nitrogen and oxygen atoms in total. The Morgan fingerprint density at radius 3 is 2.73 bits per heavy atom. The van der Waals surface area contributed by atoms with Gasteiger partial charge in [-0.3, -0.25) is 4.79 Å². The smallest absolute Gasteiger partial charge is 0.306 e. The van der Waals surface area contributed by atoms with Gasteiger partial charge in [-0.15, -0.1) is 0 Å². The Kier molecular flexibility index (Phi) is 3.97. The van der Waals surface area contributed by atoms with Gasteiger partial charge in [-0.05, 0) is 30.5 Å². The molecule has 15 heavy (non-hydrogen) atoms. The lowest BCUT2D eigenvalue weighted by Crippen LogP contribution is -2.10. The summed E-state index contributed by atoms with van der Waals surface area (Å²) in [6.07, 6.45) is 1.15. The minimum atomic E-state index is -0.801. The molecule has 0 saturated carbocycles. The number of carboxylic acid groups (broad SMARTS) is 1. The summed E-state index contributed by atoms with van der Waals surface area (Å²) in [5.74, 6) is -1.06. The maximum atomic E-state index is 10.6. The van der Waals surface area contributed by atoms with Crippen LogP contribution in [0.4, 0.5) is 0 Å². The monoisotopic (exact) mass is 228 g/mol. The minimum absolute atomic E-state index is 0.120. The van der Waals surface area contributed by atoms with Gasteiger partial charge in [-0.2, -0.15) is 0 Å². The molecule has 2 N–H and O–H groups in total. The van der Waals surface area contributed by atoms with Crippen molar-refractivity contribution in [3.63, 3.8) is 0 Å². The van der Waals surface area contributed by atoms with E-state index in [2.05, 4.69) is 0 Å². The van der Waals surface area contributed by atoms with Gasteiger partial charge in [0.05, 0.1) is 5.92 Å². The maximum absolute atomic E-state index is 10.6. The summed E-state index contributed by atoms with van der Waals surface area (Å²) in [4.78, 5) is 10.6. The second-order valence-electron chi connectivity index (χ2n) is 3.55. The van der Waals surface area contributed by atoms with E-state index in [0.29, 0.717) is 17.9 Å². The first-order valence-electron chi connectivity index (χ1n) is 4.71. The molecule has 0 radical (unpaired) electrons. The van der Waals surface area contributed by atoms with Gasteiger partial charge in [-0.25, -0.2) is 0 Å². The first kappa shape index (κ1) is 11.9. The highest BCUT2D eigenvalue weighted by Gasteiger charge is 2.11. The number of aliphatic carboxylic acids is 1. The highest BCUT2D eigenvalue weighted by Crippen LogP contribution is 2.23. The standard InChI is InChI=1S/C11H13ClO3/c1-7(11(14)15)2-3-8-4-5-9(13)6-10(8)12/h4-7,13H,2-3H2,1H3,(H,14,15). The van der Waals surface area contributed by atoms with E-state index in [1.54, 1.807) is 19.1 Å². The molecule has 82 valence electrons. The van der Waals surface area contributed by atoms with Gasteiger partial charge in [0, 0.05) is 5.02 Å². The summed E-state index contributed by atoms with van der Waals surface area (Å²) in [6, 6.07) is 4.72. The SMILES string of the molecule is CC(CCc1ccc(O)cc1Cl)C(=O)O. The molecule has 0 fully saturated rings. The van der Waals surface area contributed by atoms with E-state index in [9.17, 15) is 4.79 Å². The quantitative estimate of drug-likeness (QED) is 0.833. The van der Waals surface area contributed by atoms with Crippen LogP contribution in [0.25, 0.3) is 0 Å². The molecule has 0 heterocycles. The highest BCUT2D eigenvalue weighted by atomic mass is 35.5. The van der Waals surface area contributed by atoms with Gasteiger partial charge < -0.3 is 10.2 Å². The molecule has 1 atom stereocenters. The molecule has 1 aromatic rings. The molecule has 4 heteroatoms. The van der Waals surface area contributed by atoms with Gasteiger partial charge in [0.15, 0.2) is 0 Å². The fourth-order valence-electron chi connectivity index (χ4n) is 1.23. The summed E-state index contributed by atoms with van der Waals surface area (Å²) in [7, 11) is 0. The molecule has 1 unspecified atom stereocenters. The van der Waals surface area contributed by atoms with Crippen molar-refractivity contribution >= 4 is 17.6 Å². The van der Waals surface area contributed by atoms with E-state index >= 15 is 0 Å². The van der Waals surface area contributed by atoms with Crippen LogP contribution in [0.2, 0.25) is 5.02 Å². The molecule has 0 saturated heterocycles. The molecule has 1 rings (SSSR count). The first-order valence-corrected chi connectivity index (χ1v) is 5.08. The third kappa shape index (κ3) is 3.44. The number of phenols is 1. The zero-order valence-corrected chi connectivity index (χ0v) is 9.16. The number of carbonyl (C=O) groups is 1. The fourth-order valence-corrected chi connectivity index (χ4v) is 1.50. The average molecular weight is 229 g/mol. The lowest BCUT2D eigenvalue weighted by molar-refractivity contribution is -0.141. The number of carboxylic acids is 1. The molecule has 0 spiro atoms. The molecule has 0 amide bonds. The van der Waals surface area contributed by atoms with E-state index in [4.69, 9.17) is 21.8 Å². The Labute approximate surface area is 93.3 Å². The van der Waals surface area contributed by atoms with Crippen LogP contribution in [-0.4, -0.2) is 16.2 Å². The van der Waals surface area contributed by atoms with Crippen molar-refractivity contribution < 1.29 is 15.0 Å². The van der Waals surface area contributed by atoms with Gasteiger partial charge >= 0.3 is 5.97 Å². The van der Waals surface area contributed by atoms with Gasteiger partial charge in [0.25, 0.3) is 0 Å². The zero-order valence-electron chi connectivity index (χ0n) is 8.40. The van der Waals surface area contributed by atoms with Crippen molar-refractivity contribution in [2.24, 2.45) is 5.92 Å². The van der Waals surface area contributed by atoms with Crippen LogP contribution in [0, 0.1) is 5.92 Å². The van der Waals surface area contributed by atoms with Crippen molar-refractivity contribution in [2.75, 3.05) is 0 Å². The van der Waals surface area contributed by atoms with E-state index < -0.39 is 5.97 Å². The second-order valence-corrected chi connectivity index (χ2v) is 3.96. The fraction of sp³-hybridized carbons (Fsp3) is 0.364. The van der Waals surface area contributed by atoms with Gasteiger partial charge in [0.2, 0.25) is 0 Å². The molecule has 1 aromatic carbocycles. The summed E-state index contributed by atoms with van der Waals surface area (Å²) < 4.78 is 0. The highest BCUT2D eigenvalue weighted by molar-refractivity contribution is 6.31. The molecule has 0 aromatic heterocycles. The van der Waals surface area contributed by atoms with Crippen molar-refractivity contribution in [3.05, 3.63) is 28.8 Å². The minimum Gasteiger partial charge on any atom is -0.508 e. The number of hydrogen-bond acceptors (Lipinski definition) is 2. The van der Waals surface area contributed by atoms with Crippen LogP contribution in [0.15, 0.2) is 18.2 Å². The molecule has 0 aliphatic heterocycles. The van der Waals surface area contributed by atoms with E-state index in [1.165, 1.54) is 6.07 Å². The number of hydrogen-bond donors (Lipinski definition) is 2. The van der Waals surface area contributed by atoms with Crippen LogP contribution in [0.5, 0.6) is 5.75 Å². The summed E-state index contributed by atoms with van der Waals surface area (Å²) >= 11 is 5.89. The molecule has 0 bridgehead atoms. The number of rotatable bonds is 4. The summed E-state index contributed by atoms with van der Waals surface area (Å²) in [5.41, 5.74) is 0.863. The topological polar surface area (TPSA) is 57.5 Å². The molecule has 0 aliphatic rings. The number of phenolic OH excluding ortho intramolecular Hbond substituents is 1. The Bertz CT molecular complexity index is 363. The number of aromatic hydroxyl groups is 1. The van der Waals surface area contributed by atoms with Crippen molar-refractivity contribution in [1.82, 2.24) is 0 Å². The van der Waals surface area contributed by atoms with Gasteiger partial charge in [0.1, 0.15) is 5.75 Å². The number of benzene rings is 1. The lowest BCUT2D eigenvalue weighted by Gasteiger charge is -2.07. The van der Waals surface area contributed by atoms with Crippen LogP contribution < -0.4 is 0 Å². The van der Waals surface area contributed by atoms with Crippen molar-refractivity contribution in [3.8, 4) is 5.75 Å². The van der Waals surface area contributed by atoms with E-state index in [-0.39, 0.29) is 11.7 Å². The average Bonchev–Trinajstić information content (AvgIpc) is 2.15. The van der Waals surface area contributed by atoms with Crippen LogP contribution >= 0.6 is 11.6 Å². The molecular formula is C11H13ClO3. The maximum Gasteiger partial charge on any atom is 0.306 e. The van der Waals surface area contributed by atoms with Gasteiger partial charge in [-0.1, -0.05) is 24.6 Å². The van der Waals surface area contributed by atoms with Crippen LogP contribution in [-0.2, 0) is 11.2 Å². The molecular weight excluding hydrogens is 216 g/mol. The summed E-state index contributed by atoms with van der Waals surface area (Å²) in [5, 5.41) is 18.3. The first-order chi connectivity index (χ1) is 7.00. The summed E-state index contributed by atoms with van der Waals surface area (Å²) in [6.45, 7) is 1.66. The van der Waals surface area contributed by atoms with Crippen molar-refractivity contribution in [2.45, 2.75) is 19.8 Å². The predicted molar refractivity (Wildman–Crippen MR) is 58.2 cm³/mol. The number of halogens is 1. The molecule has 0 aliphatic carbocycles. The predicted octanol–water partition coefficient (Wildman–Crippen LogP) is 2.70. The van der Waals surface area contributed by atoms with E-state index in [0.717, 1.165) is 5.56 Å². The lowest BCUT2D eigenvalue weighted by atomic mass is 10.0.